The van der Waals surface area contributed by atoms with Crippen molar-refractivity contribution in [2.45, 2.75) is 22.6 Å². The number of benzene rings is 2. The Hall–Kier alpha value is -2.71. The maximum atomic E-state index is 13.4. The minimum absolute atomic E-state index is 0.603. The van der Waals surface area contributed by atoms with Crippen molar-refractivity contribution in [2.75, 3.05) is 14.2 Å². The molecule has 1 N–H and O–H groups in total. The molecule has 0 bridgehead atoms. The van der Waals surface area contributed by atoms with Gasteiger partial charge in [-0.25, -0.2) is 8.42 Å². The second-order valence-electron chi connectivity index (χ2n) is 6.42. The molecule has 0 radical (unpaired) electrons. The van der Waals surface area contributed by atoms with Gasteiger partial charge in [0.15, 0.2) is 20.3 Å². The van der Waals surface area contributed by atoms with E-state index in [0.29, 0.717) is 11.1 Å². The number of ether oxygens (including phenoxy) is 2. The third-order valence-corrected chi connectivity index (χ3v) is 7.20. The van der Waals surface area contributed by atoms with Gasteiger partial charge in [-0.2, -0.15) is 0 Å². The molecule has 1 aliphatic heterocycles. The van der Waals surface area contributed by atoms with E-state index in [-0.39, 0.29) is 0 Å². The fraction of sp³-hybridized carbons (Fsp3) is 0.300. The summed E-state index contributed by atoms with van der Waals surface area (Å²) in [5.74, 6) is -1.86. The van der Waals surface area contributed by atoms with E-state index >= 15 is 0 Å². The number of esters is 2. The first-order valence-electron chi connectivity index (χ1n) is 8.66. The second-order valence-corrected chi connectivity index (χ2v) is 8.61. The van der Waals surface area contributed by atoms with Crippen LogP contribution < -0.4 is 5.32 Å². The third-order valence-electron chi connectivity index (χ3n) is 4.86. The van der Waals surface area contributed by atoms with Crippen LogP contribution in [0.1, 0.15) is 23.2 Å². The molecule has 0 aliphatic carbocycles. The van der Waals surface area contributed by atoms with Crippen LogP contribution >= 0.6 is 0 Å². The minimum atomic E-state index is -4.29. The zero-order valence-corrected chi connectivity index (χ0v) is 16.3. The summed E-state index contributed by atoms with van der Waals surface area (Å²) < 4.78 is 36.4. The zero-order chi connectivity index (χ0) is 20.3. The molecule has 28 heavy (non-hydrogen) atoms. The van der Waals surface area contributed by atoms with E-state index in [1.807, 2.05) is 0 Å². The van der Waals surface area contributed by atoms with E-state index in [9.17, 15) is 18.0 Å². The molecule has 3 rings (SSSR count). The molecule has 0 saturated carbocycles. The molecule has 7 nitrogen and oxygen atoms in total. The predicted molar refractivity (Wildman–Crippen MR) is 102 cm³/mol. The number of carbonyl (C=O) groups is 2. The summed E-state index contributed by atoms with van der Waals surface area (Å²) in [5.41, 5.74) is 1.21. The van der Waals surface area contributed by atoms with Gasteiger partial charge in [0, 0.05) is 0 Å². The molecule has 0 unspecified atom stereocenters. The number of carbonyl (C=O) groups excluding carboxylic acids is 2. The summed E-state index contributed by atoms with van der Waals surface area (Å²) in [6.45, 7) is 0. The van der Waals surface area contributed by atoms with E-state index < -0.39 is 44.4 Å². The topological polar surface area (TPSA) is 98.8 Å². The van der Waals surface area contributed by atoms with Crippen molar-refractivity contribution in [3.8, 4) is 0 Å². The van der Waals surface area contributed by atoms with Gasteiger partial charge >= 0.3 is 11.9 Å². The van der Waals surface area contributed by atoms with Gasteiger partial charge in [0.2, 0.25) is 0 Å². The van der Waals surface area contributed by atoms with Crippen LogP contribution in [0.5, 0.6) is 0 Å². The van der Waals surface area contributed by atoms with Crippen LogP contribution in [0.25, 0.3) is 0 Å². The normalized spacial score (nSPS) is 26.2. The molecule has 0 amide bonds. The van der Waals surface area contributed by atoms with Crippen LogP contribution in [0.3, 0.4) is 0 Å². The van der Waals surface area contributed by atoms with Crippen molar-refractivity contribution >= 4 is 21.8 Å². The minimum Gasteiger partial charge on any atom is -0.468 e. The van der Waals surface area contributed by atoms with Crippen LogP contribution in [-0.4, -0.2) is 45.1 Å². The highest BCUT2D eigenvalue weighted by molar-refractivity contribution is 7.94. The first kappa shape index (κ1) is 20.0. The smallest absolute Gasteiger partial charge is 0.326 e. The van der Waals surface area contributed by atoms with Crippen molar-refractivity contribution in [2.24, 2.45) is 0 Å². The lowest BCUT2D eigenvalue weighted by Crippen LogP contribution is -2.59. The van der Waals surface area contributed by atoms with Crippen molar-refractivity contribution in [1.82, 2.24) is 5.32 Å². The SMILES string of the molecule is COC(=O)[C@@H]1[C@@H](c2ccccc2)N[C@H](c2ccccc2)[C@@H](C(=O)OC)S1(=O)=O. The number of hydrogen-bond acceptors (Lipinski definition) is 7. The molecule has 148 valence electrons. The number of sulfone groups is 1. The molecule has 1 aliphatic rings. The fourth-order valence-electron chi connectivity index (χ4n) is 3.54. The van der Waals surface area contributed by atoms with Crippen LogP contribution in [0, 0.1) is 0 Å². The van der Waals surface area contributed by atoms with Crippen LogP contribution in [0.2, 0.25) is 0 Å². The predicted octanol–water partition coefficient (Wildman–Crippen LogP) is 1.57. The Morgan fingerprint density at radius 1 is 0.750 bits per heavy atom. The van der Waals surface area contributed by atoms with Crippen molar-refractivity contribution in [3.63, 3.8) is 0 Å². The summed E-state index contributed by atoms with van der Waals surface area (Å²) in [5, 5.41) is 0.0321. The largest absolute Gasteiger partial charge is 0.468 e. The van der Waals surface area contributed by atoms with E-state index in [1.165, 1.54) is 0 Å². The molecule has 2 aromatic rings. The monoisotopic (exact) mass is 403 g/mol. The summed E-state index contributed by atoms with van der Waals surface area (Å²) in [6, 6.07) is 15.7. The number of methoxy groups -OCH3 is 2. The highest BCUT2D eigenvalue weighted by Gasteiger charge is 2.56. The number of rotatable bonds is 4. The maximum Gasteiger partial charge on any atom is 0.326 e. The summed E-state index contributed by atoms with van der Waals surface area (Å²) in [7, 11) is -2.05. The Morgan fingerprint density at radius 3 is 1.43 bits per heavy atom. The van der Waals surface area contributed by atoms with Gasteiger partial charge in [-0.3, -0.25) is 14.9 Å². The second kappa shape index (κ2) is 8.12. The van der Waals surface area contributed by atoms with E-state index in [4.69, 9.17) is 9.47 Å². The molecule has 0 aromatic heterocycles. The van der Waals surface area contributed by atoms with Crippen molar-refractivity contribution in [1.29, 1.82) is 0 Å². The molecular weight excluding hydrogens is 382 g/mol. The molecule has 2 aromatic carbocycles. The Kier molecular flexibility index (Phi) is 5.81. The van der Waals surface area contributed by atoms with E-state index in [1.54, 1.807) is 60.7 Å². The van der Waals surface area contributed by atoms with Crippen LogP contribution in [-0.2, 0) is 28.9 Å². The highest BCUT2D eigenvalue weighted by Crippen LogP contribution is 2.39. The van der Waals surface area contributed by atoms with E-state index in [2.05, 4.69) is 5.32 Å². The van der Waals surface area contributed by atoms with Gasteiger partial charge in [-0.1, -0.05) is 60.7 Å². The lowest BCUT2D eigenvalue weighted by atomic mass is 9.97. The Morgan fingerprint density at radius 2 is 1.11 bits per heavy atom. The van der Waals surface area contributed by atoms with Gasteiger partial charge in [0.05, 0.1) is 26.3 Å². The summed E-state index contributed by atoms with van der Waals surface area (Å²) in [6.07, 6.45) is 0. The molecule has 8 heteroatoms. The standard InChI is InChI=1S/C20H21NO6S/c1-26-19(22)17-15(13-9-5-3-6-10-13)21-16(14-11-7-4-8-12-14)18(20(23)27-2)28(17,24)25/h3-12,15-18,21H,1-2H3/t15-,16-,17+,18+/m1/s1. The summed E-state index contributed by atoms with van der Waals surface area (Å²) >= 11 is 0. The van der Waals surface area contributed by atoms with Gasteiger partial charge in [0.1, 0.15) is 0 Å². The Labute approximate surface area is 163 Å². The number of hydrogen-bond donors (Lipinski definition) is 1. The first-order chi connectivity index (χ1) is 13.4. The zero-order valence-electron chi connectivity index (χ0n) is 15.4. The van der Waals surface area contributed by atoms with Crippen molar-refractivity contribution < 1.29 is 27.5 Å². The highest BCUT2D eigenvalue weighted by atomic mass is 32.2. The quantitative estimate of drug-likeness (QED) is 0.774. The number of nitrogens with one attached hydrogen (secondary N) is 1. The molecule has 0 spiro atoms. The molecule has 1 fully saturated rings. The maximum absolute atomic E-state index is 13.4. The molecule has 1 saturated heterocycles. The average molecular weight is 403 g/mol. The average Bonchev–Trinajstić information content (AvgIpc) is 2.72. The first-order valence-corrected chi connectivity index (χ1v) is 10.3. The third kappa shape index (κ3) is 3.53. The van der Waals surface area contributed by atoms with Gasteiger partial charge in [-0.05, 0) is 11.1 Å². The van der Waals surface area contributed by atoms with Gasteiger partial charge in [0.25, 0.3) is 0 Å². The van der Waals surface area contributed by atoms with Gasteiger partial charge in [-0.15, -0.1) is 0 Å². The fourth-order valence-corrected chi connectivity index (χ4v) is 5.82. The van der Waals surface area contributed by atoms with Crippen LogP contribution in [0.4, 0.5) is 0 Å². The lowest BCUT2D eigenvalue weighted by Gasteiger charge is -2.40. The van der Waals surface area contributed by atoms with E-state index in [0.717, 1.165) is 14.2 Å². The van der Waals surface area contributed by atoms with Crippen LogP contribution in [0.15, 0.2) is 60.7 Å². The van der Waals surface area contributed by atoms with Gasteiger partial charge < -0.3 is 9.47 Å². The Bertz CT molecular complexity index is 874. The van der Waals surface area contributed by atoms with Crippen molar-refractivity contribution in [3.05, 3.63) is 71.8 Å². The lowest BCUT2D eigenvalue weighted by molar-refractivity contribution is -0.142. The Balaban J connectivity index is 2.19. The summed E-state index contributed by atoms with van der Waals surface area (Å²) in [4.78, 5) is 24.9. The molecular formula is C20H21NO6S. The molecule has 1 heterocycles. The molecule has 4 atom stereocenters.